The van der Waals surface area contributed by atoms with Gasteiger partial charge in [0.05, 0.1) is 18.4 Å². The highest BCUT2D eigenvalue weighted by Gasteiger charge is 2.33. The van der Waals surface area contributed by atoms with Crippen LogP contribution < -0.4 is 11.6 Å². The van der Waals surface area contributed by atoms with Gasteiger partial charge in [0.1, 0.15) is 11.8 Å². The van der Waals surface area contributed by atoms with Crippen molar-refractivity contribution < 1.29 is 19.5 Å². The number of nitrogens with zero attached hydrogens (tertiary/aromatic N) is 2. The smallest absolute Gasteiger partial charge is 0.320 e. The molecule has 0 aromatic heterocycles. The van der Waals surface area contributed by atoms with Gasteiger partial charge in [-0.2, -0.15) is 10.2 Å². The van der Waals surface area contributed by atoms with Crippen molar-refractivity contribution in [1.82, 2.24) is 5.06 Å². The molecule has 8 nitrogen and oxygen atoms in total. The average molecular weight is 334 g/mol. The van der Waals surface area contributed by atoms with Crippen molar-refractivity contribution in [3.8, 4) is 0 Å². The summed E-state index contributed by atoms with van der Waals surface area (Å²) in [5.74, 6) is 3.74. The lowest BCUT2D eigenvalue weighted by molar-refractivity contribution is -0.152. The molecule has 1 heterocycles. The minimum atomic E-state index is -1.17. The summed E-state index contributed by atoms with van der Waals surface area (Å²) in [7, 11) is 1.81. The standard InChI is InChI=1S/C16H22N4O4/c1-20-15(11-4-2-10(3-5-11)9-19-18)8-13(24-20)6-12(21)7-14(17)16(22)23/h2-5,9,13-15H,6-8,17-18H2,1H3,(H,22,23)/t13-,14?,15-/m1/s1. The normalized spacial score (nSPS) is 22.8. The fourth-order valence-electron chi connectivity index (χ4n) is 2.78. The Kier molecular flexibility index (Phi) is 6.02. The van der Waals surface area contributed by atoms with Gasteiger partial charge in [-0.1, -0.05) is 24.3 Å². The second-order valence-corrected chi connectivity index (χ2v) is 5.86. The van der Waals surface area contributed by atoms with Crippen molar-refractivity contribution in [2.75, 3.05) is 7.05 Å². The van der Waals surface area contributed by atoms with Gasteiger partial charge in [-0.05, 0) is 17.5 Å². The van der Waals surface area contributed by atoms with Crippen molar-refractivity contribution in [3.05, 3.63) is 35.4 Å². The number of aliphatic carboxylic acids is 1. The van der Waals surface area contributed by atoms with Gasteiger partial charge >= 0.3 is 5.97 Å². The number of hydroxylamine groups is 2. The molecule has 1 aromatic carbocycles. The predicted molar refractivity (Wildman–Crippen MR) is 88.1 cm³/mol. The summed E-state index contributed by atoms with van der Waals surface area (Å²) in [6, 6.07) is 6.61. The number of hydrogen-bond acceptors (Lipinski definition) is 7. The molecular weight excluding hydrogens is 312 g/mol. The molecule has 2 rings (SSSR count). The van der Waals surface area contributed by atoms with E-state index in [9.17, 15) is 9.59 Å². The quantitative estimate of drug-likeness (QED) is 0.374. The van der Waals surface area contributed by atoms with Crippen LogP contribution in [0.2, 0.25) is 0 Å². The van der Waals surface area contributed by atoms with E-state index in [1.54, 1.807) is 11.3 Å². The number of hydrogen-bond donors (Lipinski definition) is 3. The summed E-state index contributed by atoms with van der Waals surface area (Å²) in [5, 5.41) is 14.0. The van der Waals surface area contributed by atoms with E-state index in [1.165, 1.54) is 0 Å². The molecule has 1 fully saturated rings. The van der Waals surface area contributed by atoms with Crippen LogP contribution in [0.3, 0.4) is 0 Å². The van der Waals surface area contributed by atoms with Gasteiger partial charge in [0, 0.05) is 19.9 Å². The van der Waals surface area contributed by atoms with Crippen LogP contribution in [0.5, 0.6) is 0 Å². The SMILES string of the molecule is CN1O[C@H](CC(=O)CC(N)C(=O)O)C[C@@H]1c1ccc(C=NN)cc1. The Morgan fingerprint density at radius 3 is 2.71 bits per heavy atom. The first-order chi connectivity index (χ1) is 11.4. The van der Waals surface area contributed by atoms with E-state index in [-0.39, 0.29) is 30.8 Å². The molecule has 0 amide bonds. The number of carbonyl (C=O) groups is 2. The summed E-state index contributed by atoms with van der Waals surface area (Å²) in [4.78, 5) is 28.3. The van der Waals surface area contributed by atoms with Crippen LogP contribution in [-0.4, -0.2) is 47.3 Å². The highest BCUT2D eigenvalue weighted by Crippen LogP contribution is 2.34. The highest BCUT2D eigenvalue weighted by atomic mass is 16.7. The number of carbonyl (C=O) groups excluding carboxylic acids is 1. The molecule has 5 N–H and O–H groups in total. The summed E-state index contributed by atoms with van der Waals surface area (Å²) >= 11 is 0. The Bertz CT molecular complexity index is 617. The monoisotopic (exact) mass is 334 g/mol. The largest absolute Gasteiger partial charge is 0.480 e. The number of carboxylic acids is 1. The predicted octanol–water partition coefficient (Wildman–Crippen LogP) is 0.417. The van der Waals surface area contributed by atoms with E-state index in [0.29, 0.717) is 6.42 Å². The maximum atomic E-state index is 11.9. The summed E-state index contributed by atoms with van der Waals surface area (Å²) in [6.45, 7) is 0. The zero-order chi connectivity index (χ0) is 17.7. The highest BCUT2D eigenvalue weighted by molar-refractivity contribution is 5.85. The summed E-state index contributed by atoms with van der Waals surface area (Å²) < 4.78 is 0. The lowest BCUT2D eigenvalue weighted by atomic mass is 9.97. The van der Waals surface area contributed by atoms with Crippen molar-refractivity contribution in [2.24, 2.45) is 16.7 Å². The first-order valence-corrected chi connectivity index (χ1v) is 7.63. The second-order valence-electron chi connectivity index (χ2n) is 5.86. The van der Waals surface area contributed by atoms with E-state index in [2.05, 4.69) is 5.10 Å². The number of rotatable bonds is 7. The van der Waals surface area contributed by atoms with Crippen LogP contribution in [0.25, 0.3) is 0 Å². The first kappa shape index (κ1) is 18.1. The van der Waals surface area contributed by atoms with Gasteiger partial charge in [-0.25, -0.2) is 0 Å². The molecule has 0 aliphatic carbocycles. The van der Waals surface area contributed by atoms with E-state index < -0.39 is 12.0 Å². The second kappa shape index (κ2) is 8.00. The molecule has 8 heteroatoms. The molecule has 130 valence electrons. The Hall–Kier alpha value is -2.29. The third-order valence-corrected chi connectivity index (χ3v) is 4.01. The summed E-state index contributed by atoms with van der Waals surface area (Å²) in [6.07, 6.45) is 1.90. The Morgan fingerprint density at radius 1 is 1.46 bits per heavy atom. The Balaban J connectivity index is 1.94. The van der Waals surface area contributed by atoms with Crippen molar-refractivity contribution in [3.63, 3.8) is 0 Å². The van der Waals surface area contributed by atoms with E-state index in [1.807, 2.05) is 31.3 Å². The molecule has 1 aliphatic heterocycles. The minimum Gasteiger partial charge on any atom is -0.480 e. The van der Waals surface area contributed by atoms with Crippen molar-refractivity contribution in [2.45, 2.75) is 37.5 Å². The fourth-order valence-corrected chi connectivity index (χ4v) is 2.78. The van der Waals surface area contributed by atoms with Crippen molar-refractivity contribution in [1.29, 1.82) is 0 Å². The maximum absolute atomic E-state index is 11.9. The molecule has 0 saturated carbocycles. The fraction of sp³-hybridized carbons (Fsp3) is 0.438. The van der Waals surface area contributed by atoms with Crippen LogP contribution in [0, 0.1) is 0 Å². The van der Waals surface area contributed by atoms with Crippen LogP contribution in [-0.2, 0) is 14.4 Å². The Labute approximate surface area is 140 Å². The van der Waals surface area contributed by atoms with Gasteiger partial charge in [-0.15, -0.1) is 0 Å². The van der Waals surface area contributed by atoms with Gasteiger partial charge in [0.15, 0.2) is 0 Å². The van der Waals surface area contributed by atoms with Gasteiger partial charge in [0.2, 0.25) is 0 Å². The average Bonchev–Trinajstić information content (AvgIpc) is 2.88. The topological polar surface area (TPSA) is 131 Å². The molecular formula is C16H22N4O4. The molecule has 0 bridgehead atoms. The van der Waals surface area contributed by atoms with Crippen LogP contribution >= 0.6 is 0 Å². The van der Waals surface area contributed by atoms with E-state index >= 15 is 0 Å². The number of hydrazone groups is 1. The lowest BCUT2D eigenvalue weighted by Gasteiger charge is -2.17. The van der Waals surface area contributed by atoms with E-state index in [4.69, 9.17) is 21.5 Å². The van der Waals surface area contributed by atoms with Gasteiger partial charge in [-0.3, -0.25) is 14.4 Å². The van der Waals surface area contributed by atoms with Crippen molar-refractivity contribution >= 4 is 18.0 Å². The third-order valence-electron chi connectivity index (χ3n) is 4.01. The minimum absolute atomic E-state index is 0.0276. The molecule has 1 aromatic rings. The van der Waals surface area contributed by atoms with Crippen LogP contribution in [0.15, 0.2) is 29.4 Å². The molecule has 1 unspecified atom stereocenters. The molecule has 0 radical (unpaired) electrons. The summed E-state index contributed by atoms with van der Waals surface area (Å²) in [5.41, 5.74) is 7.34. The number of carboxylic acid groups (broad SMARTS) is 1. The molecule has 0 spiro atoms. The number of ketones is 1. The molecule has 3 atom stereocenters. The van der Waals surface area contributed by atoms with E-state index in [0.717, 1.165) is 11.1 Å². The first-order valence-electron chi connectivity index (χ1n) is 7.63. The van der Waals surface area contributed by atoms with Gasteiger partial charge < -0.3 is 16.7 Å². The molecule has 24 heavy (non-hydrogen) atoms. The third kappa shape index (κ3) is 4.60. The van der Waals surface area contributed by atoms with Gasteiger partial charge in [0.25, 0.3) is 0 Å². The molecule has 1 saturated heterocycles. The van der Waals surface area contributed by atoms with Crippen LogP contribution in [0.1, 0.15) is 36.4 Å². The zero-order valence-corrected chi connectivity index (χ0v) is 13.5. The lowest BCUT2D eigenvalue weighted by Crippen LogP contribution is -2.33. The van der Waals surface area contributed by atoms with Crippen LogP contribution in [0.4, 0.5) is 0 Å². The Morgan fingerprint density at radius 2 is 2.12 bits per heavy atom. The number of Topliss-reactive ketones (excluding diaryl/α,β-unsaturated/α-hetero) is 1. The zero-order valence-electron chi connectivity index (χ0n) is 13.5. The number of benzene rings is 1. The molecule has 1 aliphatic rings. The maximum Gasteiger partial charge on any atom is 0.320 e. The number of nitrogens with two attached hydrogens (primary N) is 2.